The topological polar surface area (TPSA) is 0 Å². The molecule has 0 bridgehead atoms. The van der Waals surface area contributed by atoms with E-state index in [1.165, 1.54) is 24.3 Å². The summed E-state index contributed by atoms with van der Waals surface area (Å²) in [6.07, 6.45) is 1.79. The molecule has 0 heterocycles. The quantitative estimate of drug-likeness (QED) is 0.699. The Kier molecular flexibility index (Phi) is 3.28. The lowest BCUT2D eigenvalue weighted by molar-refractivity contribution is 0.620. The highest BCUT2D eigenvalue weighted by Gasteiger charge is 2.25. The largest absolute Gasteiger partial charge is 0.207 e. The highest BCUT2D eigenvalue weighted by molar-refractivity contribution is 5.42. The summed E-state index contributed by atoms with van der Waals surface area (Å²) in [4.78, 5) is 0. The summed E-state index contributed by atoms with van der Waals surface area (Å²) in [6, 6.07) is 12.6. The molecular formula is C16H14F2. The second-order valence-electron chi connectivity index (χ2n) is 4.42. The van der Waals surface area contributed by atoms with Gasteiger partial charge in [-0.3, -0.25) is 0 Å². The summed E-state index contributed by atoms with van der Waals surface area (Å²) in [6.45, 7) is 5.82. The molecule has 0 atom stereocenters. The first-order valence-corrected chi connectivity index (χ1v) is 5.72. The van der Waals surface area contributed by atoms with E-state index in [-0.39, 0.29) is 11.6 Å². The van der Waals surface area contributed by atoms with Crippen molar-refractivity contribution in [2.24, 2.45) is 0 Å². The van der Waals surface area contributed by atoms with Gasteiger partial charge in [-0.05, 0) is 42.3 Å². The van der Waals surface area contributed by atoms with Crippen LogP contribution in [0.5, 0.6) is 0 Å². The second kappa shape index (κ2) is 4.73. The summed E-state index contributed by atoms with van der Waals surface area (Å²) < 4.78 is 25.9. The molecule has 0 aromatic heterocycles. The lowest BCUT2D eigenvalue weighted by Crippen LogP contribution is -2.20. The fourth-order valence-corrected chi connectivity index (χ4v) is 1.99. The third-order valence-electron chi connectivity index (χ3n) is 3.30. The standard InChI is InChI=1S/C16H14F2/c1-3-16(2,12-4-8-14(17)9-5-12)13-6-10-15(18)11-7-13/h3-11H,1H2,2H3. The van der Waals surface area contributed by atoms with Crippen LogP contribution >= 0.6 is 0 Å². The molecule has 0 fully saturated rings. The zero-order valence-electron chi connectivity index (χ0n) is 10.2. The normalized spacial score (nSPS) is 11.3. The van der Waals surface area contributed by atoms with Gasteiger partial charge in [0.25, 0.3) is 0 Å². The lowest BCUT2D eigenvalue weighted by atomic mass is 9.76. The third kappa shape index (κ3) is 2.19. The molecule has 18 heavy (non-hydrogen) atoms. The van der Waals surface area contributed by atoms with Gasteiger partial charge in [0.2, 0.25) is 0 Å². The molecule has 0 saturated carbocycles. The van der Waals surface area contributed by atoms with E-state index in [4.69, 9.17) is 0 Å². The minimum atomic E-state index is -0.457. The fraction of sp³-hybridized carbons (Fsp3) is 0.125. The van der Waals surface area contributed by atoms with E-state index >= 15 is 0 Å². The number of benzene rings is 2. The first kappa shape index (κ1) is 12.5. The average molecular weight is 244 g/mol. The van der Waals surface area contributed by atoms with Gasteiger partial charge >= 0.3 is 0 Å². The fourth-order valence-electron chi connectivity index (χ4n) is 1.99. The molecule has 0 radical (unpaired) electrons. The van der Waals surface area contributed by atoms with Crippen LogP contribution in [0.1, 0.15) is 18.1 Å². The van der Waals surface area contributed by atoms with Crippen LogP contribution in [-0.2, 0) is 5.41 Å². The Balaban J connectivity index is 2.50. The minimum absolute atomic E-state index is 0.274. The Bertz CT molecular complexity index is 493. The number of halogens is 2. The van der Waals surface area contributed by atoms with Gasteiger partial charge in [0.15, 0.2) is 0 Å². The smallest absolute Gasteiger partial charge is 0.123 e. The Morgan fingerprint density at radius 3 is 1.44 bits per heavy atom. The molecule has 0 aliphatic heterocycles. The zero-order chi connectivity index (χ0) is 13.2. The summed E-state index contributed by atoms with van der Waals surface area (Å²) in [5.41, 5.74) is 1.39. The van der Waals surface area contributed by atoms with E-state index in [1.54, 1.807) is 30.3 Å². The van der Waals surface area contributed by atoms with Crippen LogP contribution in [0, 0.1) is 11.6 Å². The van der Waals surface area contributed by atoms with E-state index < -0.39 is 5.41 Å². The molecule has 0 N–H and O–H groups in total. The van der Waals surface area contributed by atoms with Crippen molar-refractivity contribution in [1.82, 2.24) is 0 Å². The minimum Gasteiger partial charge on any atom is -0.207 e. The van der Waals surface area contributed by atoms with Crippen molar-refractivity contribution in [3.05, 3.63) is 83.9 Å². The van der Waals surface area contributed by atoms with Gasteiger partial charge in [-0.1, -0.05) is 30.3 Å². The first-order chi connectivity index (χ1) is 8.56. The van der Waals surface area contributed by atoms with Gasteiger partial charge in [0.1, 0.15) is 11.6 Å². The van der Waals surface area contributed by atoms with Gasteiger partial charge in [-0.2, -0.15) is 0 Å². The van der Waals surface area contributed by atoms with Crippen molar-refractivity contribution in [3.8, 4) is 0 Å². The Labute approximate surface area is 106 Å². The van der Waals surface area contributed by atoms with E-state index in [0.29, 0.717) is 0 Å². The van der Waals surface area contributed by atoms with Crippen LogP contribution in [0.15, 0.2) is 61.2 Å². The van der Waals surface area contributed by atoms with Crippen molar-refractivity contribution in [2.75, 3.05) is 0 Å². The number of hydrogen-bond acceptors (Lipinski definition) is 0. The summed E-state index contributed by atoms with van der Waals surface area (Å²) in [5.74, 6) is -0.548. The highest BCUT2D eigenvalue weighted by Crippen LogP contribution is 2.33. The van der Waals surface area contributed by atoms with Gasteiger partial charge in [-0.25, -0.2) is 8.78 Å². The van der Waals surface area contributed by atoms with Crippen molar-refractivity contribution >= 4 is 0 Å². The maximum atomic E-state index is 13.0. The molecule has 0 spiro atoms. The predicted molar refractivity (Wildman–Crippen MR) is 69.5 cm³/mol. The molecule has 2 aromatic carbocycles. The predicted octanol–water partition coefficient (Wildman–Crippen LogP) is 4.46. The van der Waals surface area contributed by atoms with Crippen molar-refractivity contribution < 1.29 is 8.78 Å². The van der Waals surface area contributed by atoms with Crippen molar-refractivity contribution in [1.29, 1.82) is 0 Å². The zero-order valence-corrected chi connectivity index (χ0v) is 10.2. The van der Waals surface area contributed by atoms with E-state index in [0.717, 1.165) is 11.1 Å². The lowest BCUT2D eigenvalue weighted by Gasteiger charge is -2.27. The Hall–Kier alpha value is -1.96. The Morgan fingerprint density at radius 2 is 1.17 bits per heavy atom. The highest BCUT2D eigenvalue weighted by atomic mass is 19.1. The second-order valence-corrected chi connectivity index (χ2v) is 4.42. The van der Waals surface area contributed by atoms with Crippen LogP contribution < -0.4 is 0 Å². The van der Waals surface area contributed by atoms with Crippen molar-refractivity contribution in [2.45, 2.75) is 12.3 Å². The maximum absolute atomic E-state index is 13.0. The van der Waals surface area contributed by atoms with Gasteiger partial charge in [-0.15, -0.1) is 6.58 Å². The van der Waals surface area contributed by atoms with Crippen LogP contribution in [0.4, 0.5) is 8.78 Å². The molecule has 2 aromatic rings. The van der Waals surface area contributed by atoms with Gasteiger partial charge in [0.05, 0.1) is 0 Å². The third-order valence-corrected chi connectivity index (χ3v) is 3.30. The van der Waals surface area contributed by atoms with Crippen LogP contribution in [0.3, 0.4) is 0 Å². The van der Waals surface area contributed by atoms with Gasteiger partial charge < -0.3 is 0 Å². The molecule has 0 nitrogen and oxygen atoms in total. The molecule has 0 saturated heterocycles. The monoisotopic (exact) mass is 244 g/mol. The molecular weight excluding hydrogens is 230 g/mol. The van der Waals surface area contributed by atoms with E-state index in [9.17, 15) is 8.78 Å². The average Bonchev–Trinajstić information content (AvgIpc) is 2.39. The molecule has 92 valence electrons. The summed E-state index contributed by atoms with van der Waals surface area (Å²) in [5, 5.41) is 0. The van der Waals surface area contributed by atoms with E-state index in [1.807, 2.05) is 6.92 Å². The van der Waals surface area contributed by atoms with Crippen LogP contribution in [0.2, 0.25) is 0 Å². The molecule has 0 aliphatic rings. The molecule has 0 amide bonds. The number of hydrogen-bond donors (Lipinski definition) is 0. The first-order valence-electron chi connectivity index (χ1n) is 5.72. The summed E-state index contributed by atoms with van der Waals surface area (Å²) in [7, 11) is 0. The van der Waals surface area contributed by atoms with Crippen LogP contribution in [0.25, 0.3) is 0 Å². The molecule has 0 aliphatic carbocycles. The molecule has 2 rings (SSSR count). The molecule has 2 heteroatoms. The number of allylic oxidation sites excluding steroid dienone is 1. The van der Waals surface area contributed by atoms with E-state index in [2.05, 4.69) is 6.58 Å². The van der Waals surface area contributed by atoms with Crippen LogP contribution in [-0.4, -0.2) is 0 Å². The van der Waals surface area contributed by atoms with Crippen molar-refractivity contribution in [3.63, 3.8) is 0 Å². The van der Waals surface area contributed by atoms with Gasteiger partial charge in [0, 0.05) is 5.41 Å². The maximum Gasteiger partial charge on any atom is 0.123 e. The Morgan fingerprint density at radius 1 is 0.833 bits per heavy atom. The SMILES string of the molecule is C=CC(C)(c1ccc(F)cc1)c1ccc(F)cc1. The summed E-state index contributed by atoms with van der Waals surface area (Å²) >= 11 is 0. The number of rotatable bonds is 3. The molecule has 0 unspecified atom stereocenters.